The highest BCUT2D eigenvalue weighted by molar-refractivity contribution is 5.72. The Morgan fingerprint density at radius 2 is 2.00 bits per heavy atom. The molecule has 12 heavy (non-hydrogen) atoms. The van der Waals surface area contributed by atoms with Crippen molar-refractivity contribution in [1.82, 2.24) is 14.9 Å². The molecule has 0 saturated heterocycles. The van der Waals surface area contributed by atoms with E-state index in [2.05, 4.69) is 10.2 Å². The third-order valence-corrected chi connectivity index (χ3v) is 1.56. The van der Waals surface area contributed by atoms with Gasteiger partial charge in [-0.15, -0.1) is 14.9 Å². The molecular weight excluding hydrogens is 156 g/mol. The van der Waals surface area contributed by atoms with Crippen molar-refractivity contribution < 1.29 is 5.21 Å². The Labute approximate surface area is 67.4 Å². The van der Waals surface area contributed by atoms with Gasteiger partial charge in [0, 0.05) is 0 Å². The molecule has 1 aromatic carbocycles. The summed E-state index contributed by atoms with van der Waals surface area (Å²) in [6.07, 6.45) is 0. The van der Waals surface area contributed by atoms with E-state index in [4.69, 9.17) is 5.41 Å². The van der Waals surface area contributed by atoms with E-state index in [9.17, 15) is 5.21 Å². The van der Waals surface area contributed by atoms with Gasteiger partial charge in [-0.3, -0.25) is 5.41 Å². The predicted octanol–water partition coefficient (Wildman–Crippen LogP) is 0.148. The largest absolute Gasteiger partial charge is 0.425 e. The number of aromatic nitrogens is 3. The molecule has 0 aliphatic heterocycles. The first-order valence-electron chi connectivity index (χ1n) is 3.37. The van der Waals surface area contributed by atoms with E-state index in [1.54, 1.807) is 24.3 Å². The van der Waals surface area contributed by atoms with Crippen molar-refractivity contribution in [2.45, 2.75) is 0 Å². The molecule has 1 heterocycles. The van der Waals surface area contributed by atoms with Gasteiger partial charge >= 0.3 is 0 Å². The average Bonchev–Trinajstić information content (AvgIpc) is 2.12. The highest BCUT2D eigenvalue weighted by atomic mass is 16.5. The van der Waals surface area contributed by atoms with Crippen LogP contribution >= 0.6 is 0 Å². The summed E-state index contributed by atoms with van der Waals surface area (Å²) in [4.78, 5) is 0. The molecule has 0 spiro atoms. The second-order valence-corrected chi connectivity index (χ2v) is 2.32. The fourth-order valence-corrected chi connectivity index (χ4v) is 0.986. The molecule has 1 aromatic heterocycles. The molecule has 0 fully saturated rings. The molecule has 0 saturated carbocycles. The van der Waals surface area contributed by atoms with E-state index in [0.717, 1.165) is 0 Å². The minimum atomic E-state index is -0.270. The molecule has 0 unspecified atom stereocenters. The Balaban J connectivity index is 3.01. The zero-order valence-electron chi connectivity index (χ0n) is 6.10. The topological polar surface area (TPSA) is 74.8 Å². The maximum Gasteiger partial charge on any atom is 0.275 e. The maximum absolute atomic E-state index is 9.28. The quantitative estimate of drug-likeness (QED) is 0.541. The van der Waals surface area contributed by atoms with Gasteiger partial charge < -0.3 is 5.21 Å². The monoisotopic (exact) mass is 162 g/mol. The smallest absolute Gasteiger partial charge is 0.275 e. The SMILES string of the molecule is N=c1nnc2ccccc2n1O. The Bertz CT molecular complexity index is 476. The minimum Gasteiger partial charge on any atom is -0.425 e. The molecule has 5 heteroatoms. The maximum atomic E-state index is 9.28. The van der Waals surface area contributed by atoms with Crippen LogP contribution in [0.5, 0.6) is 0 Å². The van der Waals surface area contributed by atoms with Crippen molar-refractivity contribution >= 4 is 11.0 Å². The molecule has 0 amide bonds. The van der Waals surface area contributed by atoms with E-state index in [0.29, 0.717) is 15.8 Å². The van der Waals surface area contributed by atoms with Crippen molar-refractivity contribution in [3.05, 3.63) is 29.9 Å². The number of benzene rings is 1. The first kappa shape index (κ1) is 6.78. The third kappa shape index (κ3) is 0.833. The van der Waals surface area contributed by atoms with Gasteiger partial charge in [0.2, 0.25) is 0 Å². The molecule has 0 aliphatic rings. The van der Waals surface area contributed by atoms with Gasteiger partial charge in [-0.25, -0.2) is 0 Å². The van der Waals surface area contributed by atoms with Crippen LogP contribution in [0.3, 0.4) is 0 Å². The molecule has 0 bridgehead atoms. The van der Waals surface area contributed by atoms with Crippen LogP contribution in [-0.2, 0) is 0 Å². The number of hydrogen-bond acceptors (Lipinski definition) is 4. The fourth-order valence-electron chi connectivity index (χ4n) is 0.986. The van der Waals surface area contributed by atoms with E-state index in [1.165, 1.54) is 0 Å². The molecular formula is C7H6N4O. The van der Waals surface area contributed by atoms with Crippen LogP contribution in [0, 0.1) is 5.41 Å². The zero-order chi connectivity index (χ0) is 8.55. The van der Waals surface area contributed by atoms with E-state index < -0.39 is 0 Å². The first-order chi connectivity index (χ1) is 5.79. The lowest BCUT2D eigenvalue weighted by Gasteiger charge is -1.99. The predicted molar refractivity (Wildman–Crippen MR) is 40.6 cm³/mol. The lowest BCUT2D eigenvalue weighted by atomic mass is 10.3. The summed E-state index contributed by atoms with van der Waals surface area (Å²) in [5, 5.41) is 23.6. The Morgan fingerprint density at radius 3 is 2.83 bits per heavy atom. The average molecular weight is 162 g/mol. The van der Waals surface area contributed by atoms with Crippen LogP contribution in [-0.4, -0.2) is 20.1 Å². The molecule has 0 atom stereocenters. The summed E-state index contributed by atoms with van der Waals surface area (Å²) in [6, 6.07) is 6.94. The summed E-state index contributed by atoms with van der Waals surface area (Å²) in [5.74, 6) is 0. The summed E-state index contributed by atoms with van der Waals surface area (Å²) < 4.78 is 0.697. The molecule has 0 radical (unpaired) electrons. The summed E-state index contributed by atoms with van der Waals surface area (Å²) in [7, 11) is 0. The second kappa shape index (κ2) is 2.30. The lowest BCUT2D eigenvalue weighted by Crippen LogP contribution is -2.22. The van der Waals surface area contributed by atoms with Crippen molar-refractivity contribution in [3.8, 4) is 0 Å². The number of nitrogens with one attached hydrogen (secondary N) is 1. The number of hydrogen-bond donors (Lipinski definition) is 2. The van der Waals surface area contributed by atoms with Gasteiger partial charge in [0.15, 0.2) is 0 Å². The van der Waals surface area contributed by atoms with Gasteiger partial charge in [-0.1, -0.05) is 12.1 Å². The number of rotatable bonds is 0. The number of nitrogens with zero attached hydrogens (tertiary/aromatic N) is 3. The molecule has 2 aromatic rings. The third-order valence-electron chi connectivity index (χ3n) is 1.56. The summed E-state index contributed by atoms with van der Waals surface area (Å²) >= 11 is 0. The molecule has 2 rings (SSSR count). The van der Waals surface area contributed by atoms with Gasteiger partial charge in [0.1, 0.15) is 11.0 Å². The first-order valence-corrected chi connectivity index (χ1v) is 3.37. The Kier molecular flexibility index (Phi) is 1.30. The minimum absolute atomic E-state index is 0.270. The van der Waals surface area contributed by atoms with Gasteiger partial charge in [-0.05, 0) is 12.1 Å². The lowest BCUT2D eigenvalue weighted by molar-refractivity contribution is 0.177. The highest BCUT2D eigenvalue weighted by Crippen LogP contribution is 2.04. The van der Waals surface area contributed by atoms with Crippen LogP contribution in [0.25, 0.3) is 11.0 Å². The van der Waals surface area contributed by atoms with Crippen LogP contribution < -0.4 is 5.62 Å². The highest BCUT2D eigenvalue weighted by Gasteiger charge is 1.98. The van der Waals surface area contributed by atoms with Gasteiger partial charge in [-0.2, -0.15) is 0 Å². The summed E-state index contributed by atoms with van der Waals surface area (Å²) in [5.41, 5.74) is 0.780. The number of fused-ring (bicyclic) bond motifs is 1. The second-order valence-electron chi connectivity index (χ2n) is 2.32. The van der Waals surface area contributed by atoms with Crippen LogP contribution in [0.4, 0.5) is 0 Å². The zero-order valence-corrected chi connectivity index (χ0v) is 6.10. The van der Waals surface area contributed by atoms with E-state index >= 15 is 0 Å². The molecule has 2 N–H and O–H groups in total. The van der Waals surface area contributed by atoms with Crippen molar-refractivity contribution in [1.29, 1.82) is 5.41 Å². The molecule has 5 nitrogen and oxygen atoms in total. The Hall–Kier alpha value is -1.91. The van der Waals surface area contributed by atoms with Crippen LogP contribution in [0.15, 0.2) is 24.3 Å². The van der Waals surface area contributed by atoms with E-state index in [-0.39, 0.29) is 5.62 Å². The van der Waals surface area contributed by atoms with Crippen LogP contribution in [0.1, 0.15) is 0 Å². The fraction of sp³-hybridized carbons (Fsp3) is 0. The molecule has 60 valence electrons. The van der Waals surface area contributed by atoms with Crippen LogP contribution in [0.2, 0.25) is 0 Å². The molecule has 0 aliphatic carbocycles. The van der Waals surface area contributed by atoms with Crippen molar-refractivity contribution in [2.24, 2.45) is 0 Å². The van der Waals surface area contributed by atoms with Gasteiger partial charge in [0.05, 0.1) is 0 Å². The standard InChI is InChI=1S/C7H6N4O/c8-7-10-9-5-3-1-2-4-6(5)11(7)12/h1-4,8,12H. The number of para-hydroxylation sites is 1. The van der Waals surface area contributed by atoms with Gasteiger partial charge in [0.25, 0.3) is 5.62 Å². The van der Waals surface area contributed by atoms with Crippen molar-refractivity contribution in [2.75, 3.05) is 0 Å². The Morgan fingerprint density at radius 1 is 1.25 bits per heavy atom. The normalized spacial score (nSPS) is 10.3. The summed E-state index contributed by atoms with van der Waals surface area (Å²) in [6.45, 7) is 0. The van der Waals surface area contributed by atoms with Crippen molar-refractivity contribution in [3.63, 3.8) is 0 Å². The van der Waals surface area contributed by atoms with E-state index in [1.807, 2.05) is 0 Å².